The van der Waals surface area contributed by atoms with E-state index in [1.165, 1.54) is 36.8 Å². The van der Waals surface area contributed by atoms with E-state index < -0.39 is 23.8 Å². The first-order valence-electron chi connectivity index (χ1n) is 9.04. The van der Waals surface area contributed by atoms with Gasteiger partial charge in [0, 0.05) is 18.9 Å². The second-order valence-electron chi connectivity index (χ2n) is 7.70. The van der Waals surface area contributed by atoms with Gasteiger partial charge < -0.3 is 15.8 Å². The zero-order valence-electron chi connectivity index (χ0n) is 16.6. The molecule has 0 saturated heterocycles. The minimum absolute atomic E-state index is 0.0358. The van der Waals surface area contributed by atoms with Crippen LogP contribution in [-0.2, 0) is 21.4 Å². The lowest BCUT2D eigenvalue weighted by molar-refractivity contribution is -0.131. The van der Waals surface area contributed by atoms with E-state index in [9.17, 15) is 14.4 Å². The number of carbonyl (C=O) groups is 3. The normalized spacial score (nSPS) is 12.1. The van der Waals surface area contributed by atoms with Gasteiger partial charge in [0.1, 0.15) is 11.8 Å². The van der Waals surface area contributed by atoms with Crippen LogP contribution in [0.15, 0.2) is 48.5 Å². The Balaban J connectivity index is 2.07. The molecular formula is C22H26N2O4. The van der Waals surface area contributed by atoms with E-state index in [0.29, 0.717) is 17.7 Å². The summed E-state index contributed by atoms with van der Waals surface area (Å²) in [7, 11) is 0. The monoisotopic (exact) mass is 382 g/mol. The first-order valence-corrected chi connectivity index (χ1v) is 9.04. The van der Waals surface area contributed by atoms with Crippen molar-refractivity contribution in [3.8, 4) is 5.75 Å². The standard InChI is InChI=1S/C22H26N2O4/c1-14(25)28-18-11-7-16(8-12-18)21(27)24-19(20(23)26)13-15-5-9-17(10-6-15)22(2,3)4/h5-12,19H,13H2,1-4H3,(H2,23,26)(H,24,27)/t19-/m0/s1. The summed E-state index contributed by atoms with van der Waals surface area (Å²) in [6.07, 6.45) is 0.303. The summed E-state index contributed by atoms with van der Waals surface area (Å²) in [6.45, 7) is 7.68. The summed E-state index contributed by atoms with van der Waals surface area (Å²) in [5.74, 6) is -1.13. The summed E-state index contributed by atoms with van der Waals surface area (Å²) >= 11 is 0. The molecule has 0 aliphatic rings. The molecule has 2 aromatic carbocycles. The quantitative estimate of drug-likeness (QED) is 0.593. The largest absolute Gasteiger partial charge is 0.427 e. The van der Waals surface area contributed by atoms with Gasteiger partial charge in [-0.25, -0.2) is 0 Å². The maximum atomic E-state index is 12.4. The minimum Gasteiger partial charge on any atom is -0.427 e. The Kier molecular flexibility index (Phi) is 6.57. The van der Waals surface area contributed by atoms with Crippen LogP contribution in [0, 0.1) is 0 Å². The third kappa shape index (κ3) is 5.94. The van der Waals surface area contributed by atoms with Crippen LogP contribution in [0.3, 0.4) is 0 Å². The Hall–Kier alpha value is -3.15. The molecule has 0 aliphatic heterocycles. The first-order chi connectivity index (χ1) is 13.1. The van der Waals surface area contributed by atoms with Crippen molar-refractivity contribution < 1.29 is 19.1 Å². The van der Waals surface area contributed by atoms with E-state index >= 15 is 0 Å². The Morgan fingerprint density at radius 3 is 2.04 bits per heavy atom. The van der Waals surface area contributed by atoms with Crippen LogP contribution >= 0.6 is 0 Å². The highest BCUT2D eigenvalue weighted by Crippen LogP contribution is 2.22. The van der Waals surface area contributed by atoms with Gasteiger partial charge in [-0.2, -0.15) is 0 Å². The van der Waals surface area contributed by atoms with Crippen LogP contribution < -0.4 is 15.8 Å². The van der Waals surface area contributed by atoms with E-state index in [-0.39, 0.29) is 5.41 Å². The Bertz CT molecular complexity index is 850. The number of nitrogens with two attached hydrogens (primary N) is 1. The molecule has 0 spiro atoms. The summed E-state index contributed by atoms with van der Waals surface area (Å²) in [6, 6.07) is 13.1. The van der Waals surface area contributed by atoms with Crippen molar-refractivity contribution in [1.29, 1.82) is 0 Å². The average Bonchev–Trinajstić information content (AvgIpc) is 2.60. The van der Waals surface area contributed by atoms with E-state index in [4.69, 9.17) is 10.5 Å². The number of carbonyl (C=O) groups excluding carboxylic acids is 3. The fraction of sp³-hybridized carbons (Fsp3) is 0.318. The van der Waals surface area contributed by atoms with Crippen LogP contribution in [0.25, 0.3) is 0 Å². The number of hydrogen-bond acceptors (Lipinski definition) is 4. The van der Waals surface area contributed by atoms with Crippen molar-refractivity contribution in [2.45, 2.75) is 45.6 Å². The second-order valence-corrected chi connectivity index (χ2v) is 7.70. The molecule has 0 fully saturated rings. The van der Waals surface area contributed by atoms with Crippen molar-refractivity contribution in [3.63, 3.8) is 0 Å². The zero-order valence-corrected chi connectivity index (χ0v) is 16.6. The molecule has 0 heterocycles. The van der Waals surface area contributed by atoms with E-state index in [2.05, 4.69) is 26.1 Å². The van der Waals surface area contributed by atoms with Crippen LogP contribution in [0.4, 0.5) is 0 Å². The van der Waals surface area contributed by atoms with Gasteiger partial charge in [0.2, 0.25) is 5.91 Å². The lowest BCUT2D eigenvalue weighted by Crippen LogP contribution is -2.45. The molecular weight excluding hydrogens is 356 g/mol. The van der Waals surface area contributed by atoms with Gasteiger partial charge in [-0.3, -0.25) is 14.4 Å². The molecule has 6 heteroatoms. The smallest absolute Gasteiger partial charge is 0.308 e. The van der Waals surface area contributed by atoms with Crippen molar-refractivity contribution >= 4 is 17.8 Å². The summed E-state index contributed by atoms with van der Waals surface area (Å²) < 4.78 is 4.94. The number of benzene rings is 2. The molecule has 2 aromatic rings. The number of amides is 2. The van der Waals surface area contributed by atoms with Gasteiger partial charge in [0.25, 0.3) is 5.91 Å². The van der Waals surface area contributed by atoms with Crippen molar-refractivity contribution in [3.05, 3.63) is 65.2 Å². The fourth-order valence-electron chi connectivity index (χ4n) is 2.68. The molecule has 2 rings (SSSR count). The lowest BCUT2D eigenvalue weighted by atomic mass is 9.86. The molecule has 28 heavy (non-hydrogen) atoms. The predicted octanol–water partition coefficient (Wildman–Crippen LogP) is 2.74. The third-order valence-corrected chi connectivity index (χ3v) is 4.29. The highest BCUT2D eigenvalue weighted by atomic mass is 16.5. The number of esters is 1. The highest BCUT2D eigenvalue weighted by Gasteiger charge is 2.20. The van der Waals surface area contributed by atoms with Crippen LogP contribution in [0.1, 0.15) is 49.2 Å². The van der Waals surface area contributed by atoms with Gasteiger partial charge >= 0.3 is 5.97 Å². The molecule has 148 valence electrons. The topological polar surface area (TPSA) is 98.5 Å². The SMILES string of the molecule is CC(=O)Oc1ccc(C(=O)N[C@@H](Cc2ccc(C(C)(C)C)cc2)C(N)=O)cc1. The van der Waals surface area contributed by atoms with Gasteiger partial charge in [-0.05, 0) is 40.8 Å². The van der Waals surface area contributed by atoms with E-state index in [0.717, 1.165) is 5.56 Å². The van der Waals surface area contributed by atoms with Crippen LogP contribution in [-0.4, -0.2) is 23.8 Å². The second kappa shape index (κ2) is 8.69. The number of nitrogens with one attached hydrogen (secondary N) is 1. The minimum atomic E-state index is -0.832. The Labute approximate surface area is 165 Å². The van der Waals surface area contributed by atoms with Crippen molar-refractivity contribution in [1.82, 2.24) is 5.32 Å². The molecule has 1 atom stereocenters. The summed E-state index contributed by atoms with van der Waals surface area (Å²) in [4.78, 5) is 35.2. The Morgan fingerprint density at radius 1 is 1.00 bits per heavy atom. The fourth-order valence-corrected chi connectivity index (χ4v) is 2.68. The summed E-state index contributed by atoms with van der Waals surface area (Å²) in [5, 5.41) is 2.67. The van der Waals surface area contributed by atoms with E-state index in [1.807, 2.05) is 24.3 Å². The van der Waals surface area contributed by atoms with Crippen molar-refractivity contribution in [2.75, 3.05) is 0 Å². The van der Waals surface area contributed by atoms with Gasteiger partial charge in [0.05, 0.1) is 0 Å². The molecule has 0 aromatic heterocycles. The van der Waals surface area contributed by atoms with Gasteiger partial charge in [-0.1, -0.05) is 45.0 Å². The Morgan fingerprint density at radius 2 is 1.57 bits per heavy atom. The first kappa shape index (κ1) is 21.2. The number of primary amides is 1. The van der Waals surface area contributed by atoms with Crippen LogP contribution in [0.5, 0.6) is 5.75 Å². The van der Waals surface area contributed by atoms with Crippen LogP contribution in [0.2, 0.25) is 0 Å². The predicted molar refractivity (Wildman–Crippen MR) is 107 cm³/mol. The molecule has 0 bridgehead atoms. The molecule has 6 nitrogen and oxygen atoms in total. The molecule has 0 radical (unpaired) electrons. The van der Waals surface area contributed by atoms with Crippen molar-refractivity contribution in [2.24, 2.45) is 5.73 Å². The average molecular weight is 382 g/mol. The highest BCUT2D eigenvalue weighted by molar-refractivity contribution is 5.97. The molecule has 0 unspecified atom stereocenters. The molecule has 0 saturated carbocycles. The van der Waals surface area contributed by atoms with E-state index in [1.54, 1.807) is 0 Å². The van der Waals surface area contributed by atoms with Gasteiger partial charge in [-0.15, -0.1) is 0 Å². The number of ether oxygens (including phenoxy) is 1. The number of rotatable bonds is 6. The summed E-state index contributed by atoms with van der Waals surface area (Å²) in [5.41, 5.74) is 7.94. The maximum absolute atomic E-state index is 12.4. The molecule has 3 N–H and O–H groups in total. The van der Waals surface area contributed by atoms with Gasteiger partial charge in [0.15, 0.2) is 0 Å². The zero-order chi connectivity index (χ0) is 20.9. The molecule has 2 amide bonds. The number of hydrogen-bond donors (Lipinski definition) is 2. The molecule has 0 aliphatic carbocycles. The third-order valence-electron chi connectivity index (χ3n) is 4.29. The lowest BCUT2D eigenvalue weighted by Gasteiger charge is -2.20. The maximum Gasteiger partial charge on any atom is 0.308 e.